The number of nitrogens with one attached hydrogen (secondary N) is 1. The van der Waals surface area contributed by atoms with Gasteiger partial charge in [0.15, 0.2) is 0 Å². The molecule has 0 radical (unpaired) electrons. The van der Waals surface area contributed by atoms with Gasteiger partial charge in [0.25, 0.3) is 0 Å². The van der Waals surface area contributed by atoms with E-state index in [1.807, 2.05) is 25.1 Å². The van der Waals surface area contributed by atoms with Gasteiger partial charge in [0.1, 0.15) is 5.75 Å². The van der Waals surface area contributed by atoms with Gasteiger partial charge in [-0.15, -0.1) is 0 Å². The average Bonchev–Trinajstić information content (AvgIpc) is 2.56. The molecule has 0 spiro atoms. The highest BCUT2D eigenvalue weighted by molar-refractivity contribution is 6.30. The number of ether oxygens (including phenoxy) is 2. The first kappa shape index (κ1) is 21.0. The summed E-state index contributed by atoms with van der Waals surface area (Å²) in [6.45, 7) is 10.4. The van der Waals surface area contributed by atoms with Crippen molar-refractivity contribution in [3.8, 4) is 5.75 Å². The highest BCUT2D eigenvalue weighted by Crippen LogP contribution is 2.21. The SMILES string of the molecule is Cc1cc(Cl)ccc1OCCCC(=O)NCCCN1CC(C)OC(C)C1. The molecular formula is C20H31ClN2O3. The van der Waals surface area contributed by atoms with Crippen molar-refractivity contribution in [2.24, 2.45) is 0 Å². The number of nitrogens with zero attached hydrogens (tertiary/aromatic N) is 1. The standard InChI is InChI=1S/C20H31ClN2O3/c1-15-12-18(21)7-8-19(15)25-11-4-6-20(24)22-9-5-10-23-13-16(2)26-17(3)14-23/h7-8,12,16-17H,4-6,9-11,13-14H2,1-3H3,(H,22,24). The number of aryl methyl sites for hydroxylation is 1. The Balaban J connectivity index is 1.52. The lowest BCUT2D eigenvalue weighted by Crippen LogP contribution is -2.46. The molecule has 0 bridgehead atoms. The first-order valence-electron chi connectivity index (χ1n) is 9.47. The molecule has 0 saturated carbocycles. The van der Waals surface area contributed by atoms with E-state index in [1.54, 1.807) is 0 Å². The zero-order valence-electron chi connectivity index (χ0n) is 16.1. The van der Waals surface area contributed by atoms with Crippen molar-refractivity contribution in [2.45, 2.75) is 52.2 Å². The van der Waals surface area contributed by atoms with E-state index in [2.05, 4.69) is 24.1 Å². The maximum atomic E-state index is 11.9. The molecule has 146 valence electrons. The van der Waals surface area contributed by atoms with Crippen molar-refractivity contribution in [3.63, 3.8) is 0 Å². The molecule has 1 heterocycles. The van der Waals surface area contributed by atoms with Gasteiger partial charge in [0.05, 0.1) is 18.8 Å². The first-order chi connectivity index (χ1) is 12.4. The van der Waals surface area contributed by atoms with E-state index >= 15 is 0 Å². The molecule has 0 aromatic heterocycles. The molecule has 1 fully saturated rings. The van der Waals surface area contributed by atoms with Gasteiger partial charge >= 0.3 is 0 Å². The maximum Gasteiger partial charge on any atom is 0.220 e. The van der Waals surface area contributed by atoms with Crippen LogP contribution in [0, 0.1) is 6.92 Å². The normalized spacial score (nSPS) is 20.8. The second-order valence-corrected chi connectivity index (χ2v) is 7.52. The van der Waals surface area contributed by atoms with Gasteiger partial charge in [0.2, 0.25) is 5.91 Å². The van der Waals surface area contributed by atoms with Crippen LogP contribution in [-0.2, 0) is 9.53 Å². The summed E-state index contributed by atoms with van der Waals surface area (Å²) in [6.07, 6.45) is 2.73. The second kappa shape index (κ2) is 10.8. The summed E-state index contributed by atoms with van der Waals surface area (Å²) in [5.74, 6) is 0.911. The molecule has 5 nitrogen and oxygen atoms in total. The molecule has 1 N–H and O–H groups in total. The summed E-state index contributed by atoms with van der Waals surface area (Å²) in [6, 6.07) is 5.55. The maximum absolute atomic E-state index is 11.9. The van der Waals surface area contributed by atoms with Crippen molar-refractivity contribution < 1.29 is 14.3 Å². The minimum Gasteiger partial charge on any atom is -0.493 e. The van der Waals surface area contributed by atoms with Gasteiger partial charge in [-0.3, -0.25) is 9.69 Å². The van der Waals surface area contributed by atoms with E-state index in [1.165, 1.54) is 0 Å². The van der Waals surface area contributed by atoms with Gasteiger partial charge in [-0.1, -0.05) is 11.6 Å². The molecule has 26 heavy (non-hydrogen) atoms. The van der Waals surface area contributed by atoms with Gasteiger partial charge in [-0.2, -0.15) is 0 Å². The molecule has 2 unspecified atom stereocenters. The third kappa shape index (κ3) is 7.52. The lowest BCUT2D eigenvalue weighted by molar-refractivity contribution is -0.121. The number of carbonyl (C=O) groups is 1. The number of rotatable bonds is 9. The van der Waals surface area contributed by atoms with Gasteiger partial charge in [-0.05, 0) is 57.4 Å². The monoisotopic (exact) mass is 382 g/mol. The number of halogens is 1. The third-order valence-corrected chi connectivity index (χ3v) is 4.65. The second-order valence-electron chi connectivity index (χ2n) is 7.08. The van der Waals surface area contributed by atoms with Crippen molar-refractivity contribution >= 4 is 17.5 Å². The number of carbonyl (C=O) groups excluding carboxylic acids is 1. The molecule has 2 rings (SSSR count). The molecule has 1 aliphatic rings. The topological polar surface area (TPSA) is 50.8 Å². The van der Waals surface area contributed by atoms with Crippen LogP contribution in [0.5, 0.6) is 5.75 Å². The molecular weight excluding hydrogens is 352 g/mol. The van der Waals surface area contributed by atoms with Crippen LogP contribution >= 0.6 is 11.6 Å². The number of hydrogen-bond donors (Lipinski definition) is 1. The Hall–Kier alpha value is -1.30. The number of amides is 1. The van der Waals surface area contributed by atoms with E-state index in [0.29, 0.717) is 24.5 Å². The zero-order valence-corrected chi connectivity index (χ0v) is 16.8. The summed E-state index contributed by atoms with van der Waals surface area (Å²) < 4.78 is 11.4. The Morgan fingerprint density at radius 2 is 2.04 bits per heavy atom. The fourth-order valence-electron chi connectivity index (χ4n) is 3.28. The lowest BCUT2D eigenvalue weighted by Gasteiger charge is -2.35. The predicted molar refractivity (Wildman–Crippen MR) is 105 cm³/mol. The van der Waals surface area contributed by atoms with Crippen LogP contribution in [-0.4, -0.2) is 55.8 Å². The molecule has 6 heteroatoms. The Morgan fingerprint density at radius 1 is 1.31 bits per heavy atom. The van der Waals surface area contributed by atoms with E-state index < -0.39 is 0 Å². The minimum absolute atomic E-state index is 0.0881. The fraction of sp³-hybridized carbons (Fsp3) is 0.650. The predicted octanol–water partition coefficient (Wildman–Crippen LogP) is 3.42. The fourth-order valence-corrected chi connectivity index (χ4v) is 3.50. The number of hydrogen-bond acceptors (Lipinski definition) is 4. The van der Waals surface area contributed by atoms with E-state index in [-0.39, 0.29) is 18.1 Å². The number of morpholine rings is 1. The zero-order chi connectivity index (χ0) is 18.9. The van der Waals surface area contributed by atoms with Crippen molar-refractivity contribution in [2.75, 3.05) is 32.8 Å². The van der Waals surface area contributed by atoms with Gasteiger partial charge < -0.3 is 14.8 Å². The Morgan fingerprint density at radius 3 is 2.73 bits per heavy atom. The largest absolute Gasteiger partial charge is 0.493 e. The Kier molecular flexibility index (Phi) is 8.69. The molecule has 0 aliphatic carbocycles. The molecule has 1 aromatic carbocycles. The Labute approximate surface area is 162 Å². The molecule has 2 atom stereocenters. The molecule has 1 aromatic rings. The molecule has 1 aliphatic heterocycles. The van der Waals surface area contributed by atoms with Crippen LogP contribution < -0.4 is 10.1 Å². The highest BCUT2D eigenvalue weighted by atomic mass is 35.5. The summed E-state index contributed by atoms with van der Waals surface area (Å²) in [5, 5.41) is 3.70. The van der Waals surface area contributed by atoms with Crippen molar-refractivity contribution in [3.05, 3.63) is 28.8 Å². The van der Waals surface area contributed by atoms with Gasteiger partial charge in [0, 0.05) is 37.6 Å². The van der Waals surface area contributed by atoms with Crippen molar-refractivity contribution in [1.82, 2.24) is 10.2 Å². The summed E-state index contributed by atoms with van der Waals surface area (Å²) in [5.41, 5.74) is 1.01. The average molecular weight is 383 g/mol. The van der Waals surface area contributed by atoms with Crippen LogP contribution in [0.4, 0.5) is 0 Å². The summed E-state index contributed by atoms with van der Waals surface area (Å²) in [7, 11) is 0. The lowest BCUT2D eigenvalue weighted by atomic mass is 10.2. The highest BCUT2D eigenvalue weighted by Gasteiger charge is 2.21. The van der Waals surface area contributed by atoms with Crippen LogP contribution in [0.2, 0.25) is 5.02 Å². The quantitative estimate of drug-likeness (QED) is 0.665. The van der Waals surface area contributed by atoms with Crippen molar-refractivity contribution in [1.29, 1.82) is 0 Å². The first-order valence-corrected chi connectivity index (χ1v) is 9.85. The summed E-state index contributed by atoms with van der Waals surface area (Å²) >= 11 is 5.93. The van der Waals surface area contributed by atoms with Crippen LogP contribution in [0.25, 0.3) is 0 Å². The molecule has 1 amide bonds. The smallest absolute Gasteiger partial charge is 0.220 e. The van der Waals surface area contributed by atoms with Crippen LogP contribution in [0.1, 0.15) is 38.7 Å². The third-order valence-electron chi connectivity index (χ3n) is 4.41. The summed E-state index contributed by atoms with van der Waals surface area (Å²) in [4.78, 5) is 14.3. The number of benzene rings is 1. The van der Waals surface area contributed by atoms with Gasteiger partial charge in [-0.25, -0.2) is 0 Å². The van der Waals surface area contributed by atoms with E-state index in [4.69, 9.17) is 21.1 Å². The van der Waals surface area contributed by atoms with E-state index in [9.17, 15) is 4.79 Å². The van der Waals surface area contributed by atoms with E-state index in [0.717, 1.165) is 43.9 Å². The minimum atomic E-state index is 0.0881. The molecule has 1 saturated heterocycles. The van der Waals surface area contributed by atoms with Crippen LogP contribution in [0.15, 0.2) is 18.2 Å². The van der Waals surface area contributed by atoms with Crippen LogP contribution in [0.3, 0.4) is 0 Å². The Bertz CT molecular complexity index is 572.